The van der Waals surface area contributed by atoms with Gasteiger partial charge in [-0.1, -0.05) is 11.6 Å². The Kier molecular flexibility index (Phi) is 3.12. The third-order valence-corrected chi connectivity index (χ3v) is 2.16. The van der Waals surface area contributed by atoms with E-state index in [9.17, 15) is 0 Å². The average molecular weight is 201 g/mol. The van der Waals surface area contributed by atoms with E-state index in [1.807, 2.05) is 13.8 Å². The highest BCUT2D eigenvalue weighted by Crippen LogP contribution is 2.30. The highest BCUT2D eigenvalue weighted by molar-refractivity contribution is 6.32. The Morgan fingerprint density at radius 3 is 2.69 bits per heavy atom. The summed E-state index contributed by atoms with van der Waals surface area (Å²) in [6.45, 7) is 3.78. The zero-order chi connectivity index (χ0) is 10.0. The number of nitrogens with two attached hydrogens (primary N) is 1. The van der Waals surface area contributed by atoms with Crippen molar-refractivity contribution in [3.8, 4) is 5.75 Å². The molecule has 1 aromatic heterocycles. The number of hydrogen-bond donors (Lipinski definition) is 1. The molecule has 13 heavy (non-hydrogen) atoms. The minimum atomic E-state index is -0.105. The molecule has 0 fully saturated rings. The molecule has 2 N–H and O–H groups in total. The van der Waals surface area contributed by atoms with E-state index in [1.165, 1.54) is 0 Å². The lowest BCUT2D eigenvalue weighted by Crippen LogP contribution is -2.10. The molecular weight excluding hydrogens is 188 g/mol. The van der Waals surface area contributed by atoms with Crippen molar-refractivity contribution in [2.24, 2.45) is 5.73 Å². The zero-order valence-electron chi connectivity index (χ0n) is 7.97. The van der Waals surface area contributed by atoms with Gasteiger partial charge in [0.2, 0.25) is 0 Å². The predicted octanol–water partition coefficient (Wildman–Crippen LogP) is 2.07. The van der Waals surface area contributed by atoms with E-state index in [2.05, 4.69) is 4.98 Å². The molecule has 1 aromatic rings. The molecular formula is C9H13ClN2O. The van der Waals surface area contributed by atoms with Crippen molar-refractivity contribution in [1.82, 2.24) is 4.98 Å². The standard InChI is InChI=1S/C9H13ClN2O/c1-5-8(6(2)11)12-4-7(10)9(5)13-3/h4,6H,11H2,1-3H3. The SMILES string of the molecule is COc1c(Cl)cnc(C(C)N)c1C. The predicted molar refractivity (Wildman–Crippen MR) is 53.1 cm³/mol. The fraction of sp³-hybridized carbons (Fsp3) is 0.444. The molecule has 0 aromatic carbocycles. The van der Waals surface area contributed by atoms with Crippen molar-refractivity contribution in [3.63, 3.8) is 0 Å². The van der Waals surface area contributed by atoms with Gasteiger partial charge in [-0.15, -0.1) is 0 Å². The van der Waals surface area contributed by atoms with Crippen LogP contribution in [0.3, 0.4) is 0 Å². The molecule has 0 radical (unpaired) electrons. The van der Waals surface area contributed by atoms with E-state index in [-0.39, 0.29) is 6.04 Å². The molecule has 1 unspecified atom stereocenters. The largest absolute Gasteiger partial charge is 0.495 e. The normalized spacial score (nSPS) is 12.7. The number of methoxy groups -OCH3 is 1. The van der Waals surface area contributed by atoms with Gasteiger partial charge in [-0.25, -0.2) is 0 Å². The van der Waals surface area contributed by atoms with Gasteiger partial charge in [0, 0.05) is 17.8 Å². The van der Waals surface area contributed by atoms with E-state index >= 15 is 0 Å². The van der Waals surface area contributed by atoms with Crippen LogP contribution in [0.2, 0.25) is 5.02 Å². The molecule has 72 valence electrons. The Morgan fingerprint density at radius 2 is 2.23 bits per heavy atom. The van der Waals surface area contributed by atoms with E-state index < -0.39 is 0 Å². The molecule has 0 amide bonds. The van der Waals surface area contributed by atoms with E-state index in [1.54, 1.807) is 13.3 Å². The van der Waals surface area contributed by atoms with Gasteiger partial charge in [0.05, 0.1) is 12.8 Å². The summed E-state index contributed by atoms with van der Waals surface area (Å²) in [6.07, 6.45) is 1.56. The Balaban J connectivity index is 3.27. The van der Waals surface area contributed by atoms with E-state index in [0.29, 0.717) is 10.8 Å². The number of ether oxygens (including phenoxy) is 1. The second-order valence-electron chi connectivity index (χ2n) is 2.94. The van der Waals surface area contributed by atoms with Crippen LogP contribution in [-0.2, 0) is 0 Å². The van der Waals surface area contributed by atoms with Crippen LogP contribution in [0, 0.1) is 6.92 Å². The van der Waals surface area contributed by atoms with Gasteiger partial charge in [0.1, 0.15) is 10.8 Å². The number of nitrogens with zero attached hydrogens (tertiary/aromatic N) is 1. The maximum Gasteiger partial charge on any atom is 0.143 e. The molecule has 0 aliphatic carbocycles. The monoisotopic (exact) mass is 200 g/mol. The van der Waals surface area contributed by atoms with Gasteiger partial charge in [-0.2, -0.15) is 0 Å². The van der Waals surface area contributed by atoms with Crippen molar-refractivity contribution in [2.75, 3.05) is 7.11 Å². The molecule has 0 spiro atoms. The molecule has 3 nitrogen and oxygen atoms in total. The second kappa shape index (κ2) is 3.94. The molecule has 0 aliphatic rings. The Labute approximate surface area is 82.9 Å². The number of rotatable bonds is 2. The summed E-state index contributed by atoms with van der Waals surface area (Å²) in [5, 5.41) is 0.518. The molecule has 1 rings (SSSR count). The summed E-state index contributed by atoms with van der Waals surface area (Å²) in [6, 6.07) is -0.105. The number of hydrogen-bond acceptors (Lipinski definition) is 3. The maximum absolute atomic E-state index is 5.88. The van der Waals surface area contributed by atoms with Gasteiger partial charge in [0.15, 0.2) is 0 Å². The first-order chi connectivity index (χ1) is 6.07. The van der Waals surface area contributed by atoms with Crippen molar-refractivity contribution in [1.29, 1.82) is 0 Å². The molecule has 0 saturated heterocycles. The first kappa shape index (κ1) is 10.3. The summed E-state index contributed by atoms with van der Waals surface area (Å²) >= 11 is 5.88. The van der Waals surface area contributed by atoms with Crippen LogP contribution in [0.1, 0.15) is 24.2 Å². The summed E-state index contributed by atoms with van der Waals surface area (Å²) in [7, 11) is 1.58. The summed E-state index contributed by atoms with van der Waals surface area (Å²) in [5.74, 6) is 0.656. The number of aromatic nitrogens is 1. The van der Waals surface area contributed by atoms with Gasteiger partial charge in [0.25, 0.3) is 0 Å². The third kappa shape index (κ3) is 1.92. The highest BCUT2D eigenvalue weighted by atomic mass is 35.5. The minimum absolute atomic E-state index is 0.105. The van der Waals surface area contributed by atoms with E-state index in [4.69, 9.17) is 22.1 Å². The van der Waals surface area contributed by atoms with Crippen molar-refractivity contribution >= 4 is 11.6 Å². The van der Waals surface area contributed by atoms with Crippen molar-refractivity contribution < 1.29 is 4.74 Å². The minimum Gasteiger partial charge on any atom is -0.495 e. The molecule has 1 atom stereocenters. The van der Waals surface area contributed by atoms with Gasteiger partial charge in [-0.3, -0.25) is 4.98 Å². The fourth-order valence-corrected chi connectivity index (χ4v) is 1.55. The fourth-order valence-electron chi connectivity index (χ4n) is 1.29. The molecule has 0 saturated carbocycles. The molecule has 1 heterocycles. The molecule has 0 bridgehead atoms. The number of halogens is 1. The molecule has 4 heteroatoms. The van der Waals surface area contributed by atoms with E-state index in [0.717, 1.165) is 11.3 Å². The summed E-state index contributed by atoms with van der Waals surface area (Å²) < 4.78 is 5.14. The third-order valence-electron chi connectivity index (χ3n) is 1.89. The van der Waals surface area contributed by atoms with Gasteiger partial charge in [-0.05, 0) is 13.8 Å². The van der Waals surface area contributed by atoms with Gasteiger partial charge >= 0.3 is 0 Å². The van der Waals surface area contributed by atoms with Crippen LogP contribution >= 0.6 is 11.6 Å². The van der Waals surface area contributed by atoms with Crippen molar-refractivity contribution in [3.05, 3.63) is 22.5 Å². The van der Waals surface area contributed by atoms with Crippen LogP contribution in [0.15, 0.2) is 6.20 Å². The maximum atomic E-state index is 5.88. The Morgan fingerprint density at radius 1 is 1.62 bits per heavy atom. The second-order valence-corrected chi connectivity index (χ2v) is 3.35. The van der Waals surface area contributed by atoms with Crippen LogP contribution < -0.4 is 10.5 Å². The van der Waals surface area contributed by atoms with Crippen LogP contribution in [0.4, 0.5) is 0 Å². The summed E-state index contributed by atoms with van der Waals surface area (Å²) in [5.41, 5.74) is 7.46. The highest BCUT2D eigenvalue weighted by Gasteiger charge is 2.12. The lowest BCUT2D eigenvalue weighted by atomic mass is 10.1. The Hall–Kier alpha value is -0.800. The van der Waals surface area contributed by atoms with Gasteiger partial charge < -0.3 is 10.5 Å². The van der Waals surface area contributed by atoms with Crippen LogP contribution in [0.25, 0.3) is 0 Å². The first-order valence-corrected chi connectivity index (χ1v) is 4.40. The first-order valence-electron chi connectivity index (χ1n) is 4.02. The quantitative estimate of drug-likeness (QED) is 0.795. The summed E-state index contributed by atoms with van der Waals surface area (Å²) in [4.78, 5) is 4.15. The van der Waals surface area contributed by atoms with Crippen LogP contribution in [0.5, 0.6) is 5.75 Å². The number of pyridine rings is 1. The van der Waals surface area contributed by atoms with Crippen LogP contribution in [-0.4, -0.2) is 12.1 Å². The lowest BCUT2D eigenvalue weighted by molar-refractivity contribution is 0.410. The molecule has 0 aliphatic heterocycles. The topological polar surface area (TPSA) is 48.1 Å². The van der Waals surface area contributed by atoms with Crippen molar-refractivity contribution in [2.45, 2.75) is 19.9 Å². The zero-order valence-corrected chi connectivity index (χ0v) is 8.72. The lowest BCUT2D eigenvalue weighted by Gasteiger charge is -2.12. The average Bonchev–Trinajstić information content (AvgIpc) is 2.04. The smallest absolute Gasteiger partial charge is 0.143 e. The Bertz CT molecular complexity index is 313.